The second-order valence-electron chi connectivity index (χ2n) is 6.02. The van der Waals surface area contributed by atoms with Crippen LogP contribution in [0.5, 0.6) is 0 Å². The Morgan fingerprint density at radius 1 is 1.46 bits per heavy atom. The number of benzene rings is 1. The largest absolute Gasteiger partial charge is 0.416 e. The Kier molecular flexibility index (Phi) is 4.80. The van der Waals surface area contributed by atoms with Crippen molar-refractivity contribution in [1.29, 1.82) is 0 Å². The number of halogens is 3. The summed E-state index contributed by atoms with van der Waals surface area (Å²) in [6, 6.07) is 3.91. The minimum atomic E-state index is -4.37. The Hall–Kier alpha value is -1.63. The molecule has 0 unspecified atom stereocenters. The van der Waals surface area contributed by atoms with Gasteiger partial charge in [-0.05, 0) is 30.2 Å². The molecule has 1 aromatic rings. The summed E-state index contributed by atoms with van der Waals surface area (Å²) in [6.45, 7) is 4.69. The van der Waals surface area contributed by atoms with Crippen LogP contribution in [0.3, 0.4) is 0 Å². The second kappa shape index (κ2) is 6.70. The molecule has 7 heteroatoms. The van der Waals surface area contributed by atoms with E-state index in [4.69, 9.17) is 0 Å². The summed E-state index contributed by atoms with van der Waals surface area (Å²) in [6.07, 6.45) is -2.43. The van der Waals surface area contributed by atoms with E-state index in [1.54, 1.807) is 23.9 Å². The van der Waals surface area contributed by atoms with Crippen molar-refractivity contribution < 1.29 is 18.0 Å². The Balaban J connectivity index is 1.95. The van der Waals surface area contributed by atoms with Gasteiger partial charge >= 0.3 is 6.18 Å². The molecule has 1 amide bonds. The van der Waals surface area contributed by atoms with Crippen molar-refractivity contribution in [3.8, 4) is 0 Å². The number of amides is 1. The molecule has 130 valence electrons. The number of alkyl halides is 3. The van der Waals surface area contributed by atoms with Crippen molar-refractivity contribution in [2.75, 3.05) is 29.5 Å². The smallest absolute Gasteiger partial charge is 0.366 e. The van der Waals surface area contributed by atoms with Crippen LogP contribution in [0.1, 0.15) is 11.1 Å². The van der Waals surface area contributed by atoms with E-state index in [1.807, 2.05) is 0 Å². The zero-order valence-corrected chi connectivity index (χ0v) is 13.9. The highest BCUT2D eigenvalue weighted by molar-refractivity contribution is 7.99. The van der Waals surface area contributed by atoms with E-state index >= 15 is 0 Å². The number of nitrogens with zero attached hydrogens (tertiary/aromatic N) is 1. The standard InChI is InChI=1S/C17H19F3N2OS/c1-2-5-21-16(23)13-9-11-8-12(17(18,19)20)3-4-14(11)22-6-7-24-10-15(13)22/h2-4,8,13,15H,1,5-7,9-10H2,(H,21,23)/t13-,15+/m1/s1. The summed E-state index contributed by atoms with van der Waals surface area (Å²) in [4.78, 5) is 14.6. The first-order valence-electron chi connectivity index (χ1n) is 7.85. The van der Waals surface area contributed by atoms with Crippen molar-refractivity contribution in [2.45, 2.75) is 18.6 Å². The van der Waals surface area contributed by atoms with Crippen LogP contribution in [0.25, 0.3) is 0 Å². The molecular formula is C17H19F3N2OS. The molecule has 3 rings (SSSR count). The number of carbonyl (C=O) groups excluding carboxylic acids is 1. The lowest BCUT2D eigenvalue weighted by Gasteiger charge is -2.45. The average molecular weight is 356 g/mol. The maximum atomic E-state index is 13.0. The number of fused-ring (bicyclic) bond motifs is 3. The average Bonchev–Trinajstić information content (AvgIpc) is 2.57. The lowest BCUT2D eigenvalue weighted by molar-refractivity contribution is -0.137. The summed E-state index contributed by atoms with van der Waals surface area (Å²) in [7, 11) is 0. The molecule has 1 aromatic carbocycles. The number of rotatable bonds is 3. The first-order valence-corrected chi connectivity index (χ1v) is 9.00. The van der Waals surface area contributed by atoms with Gasteiger partial charge in [0.1, 0.15) is 0 Å². The van der Waals surface area contributed by atoms with Crippen molar-refractivity contribution >= 4 is 23.4 Å². The third kappa shape index (κ3) is 3.27. The van der Waals surface area contributed by atoms with Crippen LogP contribution in [0.4, 0.5) is 18.9 Å². The highest BCUT2D eigenvalue weighted by Crippen LogP contribution is 2.40. The lowest BCUT2D eigenvalue weighted by atomic mass is 9.84. The number of anilines is 1. The van der Waals surface area contributed by atoms with E-state index in [0.29, 0.717) is 18.5 Å². The monoisotopic (exact) mass is 356 g/mol. The predicted molar refractivity (Wildman–Crippen MR) is 90.3 cm³/mol. The van der Waals surface area contributed by atoms with E-state index in [1.165, 1.54) is 6.07 Å². The van der Waals surface area contributed by atoms with Gasteiger partial charge in [0.05, 0.1) is 11.5 Å². The van der Waals surface area contributed by atoms with Crippen LogP contribution in [-0.4, -0.2) is 36.5 Å². The van der Waals surface area contributed by atoms with Gasteiger partial charge in [0, 0.05) is 36.3 Å². The second-order valence-corrected chi connectivity index (χ2v) is 7.17. The molecule has 3 nitrogen and oxygen atoms in total. The highest BCUT2D eigenvalue weighted by Gasteiger charge is 2.41. The van der Waals surface area contributed by atoms with Crippen molar-refractivity contribution in [1.82, 2.24) is 5.32 Å². The van der Waals surface area contributed by atoms with E-state index in [2.05, 4.69) is 16.8 Å². The van der Waals surface area contributed by atoms with Crippen molar-refractivity contribution in [2.24, 2.45) is 5.92 Å². The number of hydrogen-bond donors (Lipinski definition) is 1. The number of thioether (sulfide) groups is 1. The van der Waals surface area contributed by atoms with Crippen LogP contribution in [0, 0.1) is 5.92 Å². The van der Waals surface area contributed by atoms with Crippen LogP contribution in [0.15, 0.2) is 30.9 Å². The zero-order chi connectivity index (χ0) is 17.3. The maximum absolute atomic E-state index is 13.0. The highest BCUT2D eigenvalue weighted by atomic mass is 32.2. The molecular weight excluding hydrogens is 337 g/mol. The van der Waals surface area contributed by atoms with Gasteiger partial charge in [-0.15, -0.1) is 6.58 Å². The van der Waals surface area contributed by atoms with Crippen LogP contribution in [0.2, 0.25) is 0 Å². The molecule has 0 aromatic heterocycles. The summed E-state index contributed by atoms with van der Waals surface area (Å²) in [5, 5.41) is 2.80. The normalized spacial score (nSPS) is 23.2. The third-order valence-electron chi connectivity index (χ3n) is 4.54. The molecule has 2 aliphatic rings. The first kappa shape index (κ1) is 17.2. The van der Waals surface area contributed by atoms with Gasteiger partial charge in [0.15, 0.2) is 0 Å². The molecule has 1 saturated heterocycles. The van der Waals surface area contributed by atoms with E-state index in [0.717, 1.165) is 29.8 Å². The molecule has 2 heterocycles. The van der Waals surface area contributed by atoms with Crippen LogP contribution >= 0.6 is 11.8 Å². The Morgan fingerprint density at radius 3 is 2.96 bits per heavy atom. The van der Waals surface area contributed by atoms with Gasteiger partial charge in [-0.2, -0.15) is 24.9 Å². The van der Waals surface area contributed by atoms with Gasteiger partial charge in [-0.25, -0.2) is 0 Å². The van der Waals surface area contributed by atoms with E-state index in [-0.39, 0.29) is 17.9 Å². The van der Waals surface area contributed by atoms with Crippen molar-refractivity contribution in [3.63, 3.8) is 0 Å². The molecule has 1 fully saturated rings. The maximum Gasteiger partial charge on any atom is 0.416 e. The van der Waals surface area contributed by atoms with Crippen LogP contribution in [-0.2, 0) is 17.4 Å². The quantitative estimate of drug-likeness (QED) is 0.845. The van der Waals surface area contributed by atoms with Crippen molar-refractivity contribution in [3.05, 3.63) is 42.0 Å². The third-order valence-corrected chi connectivity index (χ3v) is 5.59. The summed E-state index contributed by atoms with van der Waals surface area (Å²) in [5.41, 5.74) is 0.782. The van der Waals surface area contributed by atoms with Crippen LogP contribution < -0.4 is 10.2 Å². The Morgan fingerprint density at radius 2 is 2.25 bits per heavy atom. The lowest BCUT2D eigenvalue weighted by Crippen LogP contribution is -2.55. The molecule has 0 bridgehead atoms. The molecule has 0 aliphatic carbocycles. The molecule has 2 atom stereocenters. The fraction of sp³-hybridized carbons (Fsp3) is 0.471. The van der Waals surface area contributed by atoms with Gasteiger partial charge in [-0.3, -0.25) is 4.79 Å². The van der Waals surface area contributed by atoms with Gasteiger partial charge in [0.25, 0.3) is 0 Å². The molecule has 0 radical (unpaired) electrons. The van der Waals surface area contributed by atoms with Gasteiger partial charge < -0.3 is 10.2 Å². The molecule has 1 N–H and O–H groups in total. The molecule has 0 saturated carbocycles. The summed E-state index contributed by atoms with van der Waals surface area (Å²) in [5.74, 6) is 1.27. The van der Waals surface area contributed by atoms with E-state index in [9.17, 15) is 18.0 Å². The summed E-state index contributed by atoms with van der Waals surface area (Å²) >= 11 is 1.79. The predicted octanol–water partition coefficient (Wildman–Crippen LogP) is 3.10. The Labute approximate surface area is 143 Å². The fourth-order valence-corrected chi connectivity index (χ4v) is 4.55. The number of hydrogen-bond acceptors (Lipinski definition) is 3. The fourth-order valence-electron chi connectivity index (χ4n) is 3.41. The first-order chi connectivity index (χ1) is 11.4. The van der Waals surface area contributed by atoms with Gasteiger partial charge in [0.2, 0.25) is 5.91 Å². The number of carbonyl (C=O) groups is 1. The minimum absolute atomic E-state index is 0.0257. The molecule has 2 aliphatic heterocycles. The molecule has 24 heavy (non-hydrogen) atoms. The van der Waals surface area contributed by atoms with E-state index < -0.39 is 11.7 Å². The summed E-state index contributed by atoms with van der Waals surface area (Å²) < 4.78 is 39.0. The topological polar surface area (TPSA) is 32.3 Å². The SMILES string of the molecule is C=CCNC(=O)[C@@H]1Cc2cc(C(F)(F)F)ccc2N2CCSC[C@@H]12. The number of nitrogens with one attached hydrogen (secondary N) is 1. The molecule has 0 spiro atoms. The Bertz CT molecular complexity index is 647. The minimum Gasteiger partial charge on any atom is -0.366 e. The van der Waals surface area contributed by atoms with Gasteiger partial charge in [-0.1, -0.05) is 6.08 Å². The zero-order valence-electron chi connectivity index (χ0n) is 13.1.